The Bertz CT molecular complexity index is 1230. The van der Waals surface area contributed by atoms with Crippen LogP contribution in [-0.4, -0.2) is 22.8 Å². The number of aromatic amines is 1. The molecule has 4 aromatic rings. The lowest BCUT2D eigenvalue weighted by Gasteiger charge is -2.13. The fraction of sp³-hybridized carbons (Fsp3) is 0.154. The van der Waals surface area contributed by atoms with Crippen LogP contribution in [0.5, 0.6) is 5.75 Å². The van der Waals surface area contributed by atoms with E-state index in [-0.39, 0.29) is 5.78 Å². The Morgan fingerprint density at radius 1 is 0.935 bits per heavy atom. The van der Waals surface area contributed by atoms with Crippen molar-refractivity contribution in [2.75, 3.05) is 0 Å². The van der Waals surface area contributed by atoms with Crippen LogP contribution in [0.25, 0.3) is 10.9 Å². The van der Waals surface area contributed by atoms with Crippen LogP contribution in [0.1, 0.15) is 38.9 Å². The summed E-state index contributed by atoms with van der Waals surface area (Å²) in [5, 5.41) is 0.823. The van der Waals surface area contributed by atoms with Gasteiger partial charge in [0.15, 0.2) is 6.10 Å². The van der Waals surface area contributed by atoms with E-state index in [0.717, 1.165) is 22.2 Å². The number of aryl methyl sites for hydroxylation is 1. The maximum absolute atomic E-state index is 13.0. The molecule has 5 heteroatoms. The molecular weight excluding hydrogens is 390 g/mol. The van der Waals surface area contributed by atoms with Gasteiger partial charge in [0.05, 0.1) is 5.56 Å². The van der Waals surface area contributed by atoms with Crippen LogP contribution in [0.2, 0.25) is 0 Å². The highest BCUT2D eigenvalue weighted by Crippen LogP contribution is 2.24. The molecule has 0 radical (unpaired) electrons. The fourth-order valence-electron chi connectivity index (χ4n) is 3.53. The third-order valence-corrected chi connectivity index (χ3v) is 5.11. The average molecular weight is 413 g/mol. The lowest BCUT2D eigenvalue weighted by molar-refractivity contribution is 0.0318. The van der Waals surface area contributed by atoms with Gasteiger partial charge in [0.1, 0.15) is 12.4 Å². The number of benzene rings is 3. The van der Waals surface area contributed by atoms with Crippen molar-refractivity contribution in [3.63, 3.8) is 0 Å². The Balaban J connectivity index is 1.45. The number of carbonyl (C=O) groups excluding carboxylic acids is 2. The minimum absolute atomic E-state index is 0.236. The highest BCUT2D eigenvalue weighted by Gasteiger charge is 2.25. The van der Waals surface area contributed by atoms with E-state index < -0.39 is 12.1 Å². The number of ketones is 1. The van der Waals surface area contributed by atoms with Gasteiger partial charge < -0.3 is 14.5 Å². The van der Waals surface area contributed by atoms with Gasteiger partial charge in [0.25, 0.3) is 0 Å². The predicted molar refractivity (Wildman–Crippen MR) is 119 cm³/mol. The number of nitrogens with one attached hydrogen (secondary N) is 1. The molecule has 0 bridgehead atoms. The van der Waals surface area contributed by atoms with Crippen LogP contribution in [0.4, 0.5) is 0 Å². The van der Waals surface area contributed by atoms with Gasteiger partial charge in [-0.3, -0.25) is 4.79 Å². The van der Waals surface area contributed by atoms with Crippen LogP contribution in [0.3, 0.4) is 0 Å². The molecule has 1 aromatic heterocycles. The van der Waals surface area contributed by atoms with Gasteiger partial charge in [-0.1, -0.05) is 54.6 Å². The molecule has 0 amide bonds. The van der Waals surface area contributed by atoms with Gasteiger partial charge in [-0.2, -0.15) is 0 Å². The summed E-state index contributed by atoms with van der Waals surface area (Å²) < 4.78 is 11.3. The van der Waals surface area contributed by atoms with Gasteiger partial charge in [-0.15, -0.1) is 0 Å². The van der Waals surface area contributed by atoms with Crippen LogP contribution < -0.4 is 4.74 Å². The third-order valence-electron chi connectivity index (χ3n) is 5.11. The van der Waals surface area contributed by atoms with Crippen molar-refractivity contribution in [1.29, 1.82) is 0 Å². The molecule has 1 N–H and O–H groups in total. The Hall–Kier alpha value is -3.86. The van der Waals surface area contributed by atoms with E-state index >= 15 is 0 Å². The molecule has 0 aliphatic rings. The SMILES string of the molecule is Cc1[nH]c2ccccc2c1C(=O)[C@H](C)OC(=O)c1cccc(OCc2ccccc2)c1. The molecule has 4 rings (SSSR count). The summed E-state index contributed by atoms with van der Waals surface area (Å²) in [6.45, 7) is 3.83. The number of hydrogen-bond donors (Lipinski definition) is 1. The number of para-hydroxylation sites is 1. The topological polar surface area (TPSA) is 68.4 Å². The van der Waals surface area contributed by atoms with E-state index in [0.29, 0.717) is 23.5 Å². The molecule has 3 aromatic carbocycles. The molecule has 0 unspecified atom stereocenters. The number of esters is 1. The van der Waals surface area contributed by atoms with Crippen molar-refractivity contribution in [3.8, 4) is 5.75 Å². The molecule has 0 saturated carbocycles. The number of carbonyl (C=O) groups is 2. The molecule has 0 aliphatic carbocycles. The molecule has 0 aliphatic heterocycles. The summed E-state index contributed by atoms with van der Waals surface area (Å²) in [6, 6.07) is 24.1. The molecule has 31 heavy (non-hydrogen) atoms. The predicted octanol–water partition coefficient (Wildman–Crippen LogP) is 5.48. The largest absolute Gasteiger partial charge is 0.489 e. The van der Waals surface area contributed by atoms with E-state index in [1.165, 1.54) is 0 Å². The average Bonchev–Trinajstić information content (AvgIpc) is 3.13. The monoisotopic (exact) mass is 413 g/mol. The van der Waals surface area contributed by atoms with Crippen molar-refractivity contribution in [1.82, 2.24) is 4.98 Å². The minimum atomic E-state index is -0.917. The van der Waals surface area contributed by atoms with E-state index in [9.17, 15) is 9.59 Å². The van der Waals surface area contributed by atoms with Crippen LogP contribution >= 0.6 is 0 Å². The first-order valence-corrected chi connectivity index (χ1v) is 10.1. The minimum Gasteiger partial charge on any atom is -0.489 e. The molecule has 1 atom stereocenters. The standard InChI is InChI=1S/C26H23NO4/c1-17-24(22-13-6-7-14-23(22)27-17)25(28)18(2)31-26(29)20-11-8-12-21(15-20)30-16-19-9-4-3-5-10-19/h3-15,18,27H,16H2,1-2H3/t18-/m0/s1. The molecule has 156 valence electrons. The summed E-state index contributed by atoms with van der Waals surface area (Å²) in [4.78, 5) is 28.9. The fourth-order valence-corrected chi connectivity index (χ4v) is 3.53. The summed E-state index contributed by atoms with van der Waals surface area (Å²) in [5.41, 5.74) is 3.55. The van der Waals surface area contributed by atoms with Gasteiger partial charge in [0.2, 0.25) is 5.78 Å². The summed E-state index contributed by atoms with van der Waals surface area (Å²) in [6.07, 6.45) is -0.917. The van der Waals surface area contributed by atoms with Crippen LogP contribution in [-0.2, 0) is 11.3 Å². The first-order valence-electron chi connectivity index (χ1n) is 10.1. The van der Waals surface area contributed by atoms with Crippen molar-refractivity contribution in [3.05, 3.63) is 101 Å². The van der Waals surface area contributed by atoms with E-state index in [1.807, 2.05) is 61.5 Å². The Kier molecular flexibility index (Phi) is 5.85. The van der Waals surface area contributed by atoms with Crippen LogP contribution in [0, 0.1) is 6.92 Å². The number of Topliss-reactive ketones (excluding diaryl/α,β-unsaturated/α-hetero) is 1. The zero-order chi connectivity index (χ0) is 21.8. The molecule has 0 saturated heterocycles. The van der Waals surface area contributed by atoms with Crippen LogP contribution in [0.15, 0.2) is 78.9 Å². The lowest BCUT2D eigenvalue weighted by atomic mass is 10.0. The van der Waals surface area contributed by atoms with E-state index in [1.54, 1.807) is 31.2 Å². The van der Waals surface area contributed by atoms with Crippen molar-refractivity contribution < 1.29 is 19.1 Å². The molecule has 5 nitrogen and oxygen atoms in total. The summed E-state index contributed by atoms with van der Waals surface area (Å²) >= 11 is 0. The lowest BCUT2D eigenvalue weighted by Crippen LogP contribution is -2.25. The second-order valence-corrected chi connectivity index (χ2v) is 7.38. The number of ether oxygens (including phenoxy) is 2. The smallest absolute Gasteiger partial charge is 0.338 e. The quantitative estimate of drug-likeness (QED) is 0.322. The van der Waals surface area contributed by atoms with Gasteiger partial charge in [-0.25, -0.2) is 4.79 Å². The molecule has 1 heterocycles. The van der Waals surface area contributed by atoms with Gasteiger partial charge >= 0.3 is 5.97 Å². The summed E-state index contributed by atoms with van der Waals surface area (Å²) in [5.74, 6) is -0.243. The normalized spacial score (nSPS) is 11.8. The summed E-state index contributed by atoms with van der Waals surface area (Å²) in [7, 11) is 0. The Morgan fingerprint density at radius 3 is 2.48 bits per heavy atom. The number of H-pyrrole nitrogens is 1. The molecule has 0 fully saturated rings. The number of rotatable bonds is 7. The highest BCUT2D eigenvalue weighted by molar-refractivity contribution is 6.11. The molecule has 0 spiro atoms. The second kappa shape index (κ2) is 8.88. The number of fused-ring (bicyclic) bond motifs is 1. The zero-order valence-electron chi connectivity index (χ0n) is 17.4. The Morgan fingerprint density at radius 2 is 1.68 bits per heavy atom. The first-order chi connectivity index (χ1) is 15.0. The van der Waals surface area contributed by atoms with E-state index in [2.05, 4.69) is 4.98 Å². The second-order valence-electron chi connectivity index (χ2n) is 7.38. The van der Waals surface area contributed by atoms with Crippen molar-refractivity contribution in [2.45, 2.75) is 26.6 Å². The first kappa shape index (κ1) is 20.4. The van der Waals surface area contributed by atoms with Gasteiger partial charge in [0, 0.05) is 22.2 Å². The number of hydrogen-bond acceptors (Lipinski definition) is 4. The van der Waals surface area contributed by atoms with Crippen molar-refractivity contribution in [2.24, 2.45) is 0 Å². The number of aromatic nitrogens is 1. The molecular formula is C26H23NO4. The van der Waals surface area contributed by atoms with Crippen molar-refractivity contribution >= 4 is 22.7 Å². The maximum atomic E-state index is 13.0. The Labute approximate surface area is 180 Å². The van der Waals surface area contributed by atoms with Gasteiger partial charge in [-0.05, 0) is 43.7 Å². The maximum Gasteiger partial charge on any atom is 0.338 e. The highest BCUT2D eigenvalue weighted by atomic mass is 16.5. The van der Waals surface area contributed by atoms with E-state index in [4.69, 9.17) is 9.47 Å². The zero-order valence-corrected chi connectivity index (χ0v) is 17.4. The third kappa shape index (κ3) is 4.51.